The molecule has 1 aliphatic carbocycles. The van der Waals surface area contributed by atoms with E-state index in [0.717, 1.165) is 19.1 Å². The molecule has 2 fully saturated rings. The first-order chi connectivity index (χ1) is 8.92. The minimum Gasteiger partial charge on any atom is -0.376 e. The standard InChI is InChI=1S/C12H21NO5S/c1-3-17-10-5-4-9-12(10)18-7-6-13(9)11(14)8-19(2,15)16/h9-10,12H,3-8H2,1-2H3/t9-,10-,12-/m0/s1. The summed E-state index contributed by atoms with van der Waals surface area (Å²) in [5.74, 6) is -0.742. The van der Waals surface area contributed by atoms with Crippen molar-refractivity contribution in [3.8, 4) is 0 Å². The van der Waals surface area contributed by atoms with E-state index in [1.807, 2.05) is 6.92 Å². The second-order valence-electron chi connectivity index (χ2n) is 5.13. The summed E-state index contributed by atoms with van der Waals surface area (Å²) in [6.45, 7) is 3.46. The third-order valence-electron chi connectivity index (χ3n) is 3.62. The lowest BCUT2D eigenvalue weighted by Gasteiger charge is -2.39. The molecule has 19 heavy (non-hydrogen) atoms. The summed E-state index contributed by atoms with van der Waals surface area (Å²) < 4.78 is 33.8. The molecule has 110 valence electrons. The van der Waals surface area contributed by atoms with Crippen molar-refractivity contribution < 1.29 is 22.7 Å². The molecular weight excluding hydrogens is 270 g/mol. The SMILES string of the molecule is CCO[C@H]1CC[C@H]2[C@@H]1OCCN2C(=O)CS(C)(=O)=O. The zero-order valence-electron chi connectivity index (χ0n) is 11.4. The molecule has 1 aliphatic heterocycles. The van der Waals surface area contributed by atoms with Gasteiger partial charge in [0.05, 0.1) is 18.8 Å². The molecule has 1 amide bonds. The van der Waals surface area contributed by atoms with Crippen molar-refractivity contribution in [3.63, 3.8) is 0 Å². The molecule has 6 nitrogen and oxygen atoms in total. The molecule has 1 saturated carbocycles. The molecule has 0 bridgehead atoms. The minimum absolute atomic E-state index is 0.0174. The molecule has 0 radical (unpaired) electrons. The highest BCUT2D eigenvalue weighted by molar-refractivity contribution is 7.91. The number of carbonyl (C=O) groups is 1. The average molecular weight is 291 g/mol. The van der Waals surface area contributed by atoms with Gasteiger partial charge in [0, 0.05) is 19.4 Å². The van der Waals surface area contributed by atoms with Crippen LogP contribution < -0.4 is 0 Å². The molecule has 1 heterocycles. The van der Waals surface area contributed by atoms with Gasteiger partial charge in [0.15, 0.2) is 9.84 Å². The van der Waals surface area contributed by atoms with Gasteiger partial charge in [0.2, 0.25) is 5.91 Å². The number of amides is 1. The van der Waals surface area contributed by atoms with E-state index >= 15 is 0 Å². The van der Waals surface area contributed by atoms with Gasteiger partial charge >= 0.3 is 0 Å². The van der Waals surface area contributed by atoms with E-state index < -0.39 is 15.6 Å². The maximum absolute atomic E-state index is 12.1. The van der Waals surface area contributed by atoms with Crippen molar-refractivity contribution in [1.29, 1.82) is 0 Å². The summed E-state index contributed by atoms with van der Waals surface area (Å²) in [5.41, 5.74) is 0. The third kappa shape index (κ3) is 3.46. The molecule has 0 N–H and O–H groups in total. The first-order valence-corrected chi connectivity index (χ1v) is 8.69. The number of sulfone groups is 1. The Hall–Kier alpha value is -0.660. The molecule has 2 rings (SSSR count). The van der Waals surface area contributed by atoms with Gasteiger partial charge in [-0.3, -0.25) is 4.79 Å². The highest BCUT2D eigenvalue weighted by Crippen LogP contribution is 2.32. The fourth-order valence-electron chi connectivity index (χ4n) is 2.92. The van der Waals surface area contributed by atoms with Crippen LogP contribution in [0.15, 0.2) is 0 Å². The molecular formula is C12H21NO5S. The van der Waals surface area contributed by atoms with Gasteiger partial charge in [0.1, 0.15) is 11.9 Å². The molecule has 0 unspecified atom stereocenters. The molecule has 0 aromatic rings. The van der Waals surface area contributed by atoms with Crippen LogP contribution in [0.1, 0.15) is 19.8 Å². The quantitative estimate of drug-likeness (QED) is 0.719. The average Bonchev–Trinajstić information content (AvgIpc) is 2.71. The maximum Gasteiger partial charge on any atom is 0.238 e. The maximum atomic E-state index is 12.1. The van der Waals surface area contributed by atoms with Crippen LogP contribution in [0.2, 0.25) is 0 Å². The number of carbonyl (C=O) groups excluding carboxylic acids is 1. The van der Waals surface area contributed by atoms with Crippen LogP contribution >= 0.6 is 0 Å². The summed E-state index contributed by atoms with van der Waals surface area (Å²) in [7, 11) is -3.29. The van der Waals surface area contributed by atoms with E-state index in [0.29, 0.717) is 19.8 Å². The lowest BCUT2D eigenvalue weighted by molar-refractivity contribution is -0.148. The number of rotatable bonds is 4. The number of hydrogen-bond acceptors (Lipinski definition) is 5. The van der Waals surface area contributed by atoms with Gasteiger partial charge in [-0.2, -0.15) is 0 Å². The van der Waals surface area contributed by atoms with Gasteiger partial charge in [-0.1, -0.05) is 0 Å². The van der Waals surface area contributed by atoms with Gasteiger partial charge < -0.3 is 14.4 Å². The van der Waals surface area contributed by atoms with E-state index in [1.54, 1.807) is 4.90 Å². The third-order valence-corrected chi connectivity index (χ3v) is 4.39. The summed E-state index contributed by atoms with van der Waals surface area (Å²) in [5, 5.41) is 0. The van der Waals surface area contributed by atoms with Crippen LogP contribution in [-0.2, 0) is 24.1 Å². The molecule has 0 spiro atoms. The van der Waals surface area contributed by atoms with Gasteiger partial charge in [0.25, 0.3) is 0 Å². The van der Waals surface area contributed by atoms with Crippen molar-refractivity contribution in [1.82, 2.24) is 4.90 Å². The number of hydrogen-bond donors (Lipinski definition) is 0. The molecule has 1 saturated heterocycles. The molecule has 3 atom stereocenters. The zero-order valence-corrected chi connectivity index (χ0v) is 12.2. The molecule has 0 aromatic heterocycles. The second-order valence-corrected chi connectivity index (χ2v) is 7.27. The number of ether oxygens (including phenoxy) is 2. The fraction of sp³-hybridized carbons (Fsp3) is 0.917. The highest BCUT2D eigenvalue weighted by Gasteiger charge is 2.45. The fourth-order valence-corrected chi connectivity index (χ4v) is 3.54. The number of morpholine rings is 1. The van der Waals surface area contributed by atoms with Gasteiger partial charge in [-0.15, -0.1) is 0 Å². The number of fused-ring (bicyclic) bond motifs is 1. The molecule has 2 aliphatic rings. The Bertz CT molecular complexity index is 435. The zero-order chi connectivity index (χ0) is 14.0. The first kappa shape index (κ1) is 14.7. The predicted octanol–water partition coefficient (Wildman–Crippen LogP) is -0.174. The van der Waals surface area contributed by atoms with Crippen LogP contribution in [0.3, 0.4) is 0 Å². The summed E-state index contributed by atoms with van der Waals surface area (Å²) in [6, 6.07) is -0.0421. The highest BCUT2D eigenvalue weighted by atomic mass is 32.2. The van der Waals surface area contributed by atoms with Crippen molar-refractivity contribution in [2.24, 2.45) is 0 Å². The Morgan fingerprint density at radius 3 is 2.79 bits per heavy atom. The second kappa shape index (κ2) is 5.76. The number of nitrogens with zero attached hydrogens (tertiary/aromatic N) is 1. The summed E-state index contributed by atoms with van der Waals surface area (Å²) in [4.78, 5) is 13.7. The Balaban J connectivity index is 2.05. The largest absolute Gasteiger partial charge is 0.376 e. The Morgan fingerprint density at radius 2 is 2.16 bits per heavy atom. The van der Waals surface area contributed by atoms with Crippen LogP contribution in [0.5, 0.6) is 0 Å². The van der Waals surface area contributed by atoms with E-state index in [-0.39, 0.29) is 24.2 Å². The first-order valence-electron chi connectivity index (χ1n) is 6.62. The van der Waals surface area contributed by atoms with E-state index in [1.165, 1.54) is 0 Å². The topological polar surface area (TPSA) is 72.9 Å². The van der Waals surface area contributed by atoms with Crippen molar-refractivity contribution in [2.45, 2.75) is 38.0 Å². The van der Waals surface area contributed by atoms with E-state index in [2.05, 4.69) is 0 Å². The van der Waals surface area contributed by atoms with Crippen molar-refractivity contribution in [2.75, 3.05) is 31.8 Å². The predicted molar refractivity (Wildman–Crippen MR) is 69.6 cm³/mol. The van der Waals surface area contributed by atoms with Crippen LogP contribution in [0.4, 0.5) is 0 Å². The Kier molecular flexibility index (Phi) is 4.47. The normalized spacial score (nSPS) is 31.3. The Morgan fingerprint density at radius 1 is 1.42 bits per heavy atom. The van der Waals surface area contributed by atoms with Crippen LogP contribution in [0.25, 0.3) is 0 Å². The van der Waals surface area contributed by atoms with Crippen molar-refractivity contribution in [3.05, 3.63) is 0 Å². The van der Waals surface area contributed by atoms with E-state index in [9.17, 15) is 13.2 Å². The van der Waals surface area contributed by atoms with Crippen molar-refractivity contribution >= 4 is 15.7 Å². The smallest absolute Gasteiger partial charge is 0.238 e. The van der Waals surface area contributed by atoms with Crippen LogP contribution in [-0.4, -0.2) is 69.2 Å². The van der Waals surface area contributed by atoms with Gasteiger partial charge in [-0.05, 0) is 19.8 Å². The van der Waals surface area contributed by atoms with Gasteiger partial charge in [-0.25, -0.2) is 8.42 Å². The monoisotopic (exact) mass is 291 g/mol. The lowest BCUT2D eigenvalue weighted by Crippen LogP contribution is -2.55. The summed E-state index contributed by atoms with van der Waals surface area (Å²) >= 11 is 0. The molecule has 7 heteroatoms. The lowest BCUT2D eigenvalue weighted by atomic mass is 10.1. The minimum atomic E-state index is -3.29. The van der Waals surface area contributed by atoms with Crippen LogP contribution in [0, 0.1) is 0 Å². The molecule has 0 aromatic carbocycles. The summed E-state index contributed by atoms with van der Waals surface area (Å²) in [6.07, 6.45) is 2.65. The van der Waals surface area contributed by atoms with E-state index in [4.69, 9.17) is 9.47 Å². The Labute approximate surface area is 114 Å².